The van der Waals surface area contributed by atoms with E-state index in [0.29, 0.717) is 29.2 Å². The third-order valence-electron chi connectivity index (χ3n) is 6.24. The van der Waals surface area contributed by atoms with Crippen LogP contribution in [0.4, 0.5) is 5.82 Å². The van der Waals surface area contributed by atoms with E-state index in [1.165, 1.54) is 14.2 Å². The first-order chi connectivity index (χ1) is 16.9. The van der Waals surface area contributed by atoms with Crippen molar-refractivity contribution < 1.29 is 9.47 Å². The van der Waals surface area contributed by atoms with Crippen LogP contribution in [-0.2, 0) is 6.54 Å². The van der Waals surface area contributed by atoms with Gasteiger partial charge in [0.15, 0.2) is 0 Å². The molecule has 0 spiro atoms. The van der Waals surface area contributed by atoms with Gasteiger partial charge in [0.2, 0.25) is 0 Å². The standard InChI is InChI=1S/C26H34Cl2N4O3/c1-6-31(7-2)12-10-9-11-29-22-14-19-17(16-30-22)13-18(26(33)32(19)8-3)23-24(27)20(34-4)15-21(35-5)25(23)28/h13-16H,6-12H2,1-5H3,(H,29,30). The van der Waals surface area contributed by atoms with Crippen LogP contribution in [0.15, 0.2) is 29.2 Å². The van der Waals surface area contributed by atoms with Gasteiger partial charge in [0.25, 0.3) is 5.56 Å². The van der Waals surface area contributed by atoms with Gasteiger partial charge in [-0.05, 0) is 45.5 Å². The molecular weight excluding hydrogens is 487 g/mol. The van der Waals surface area contributed by atoms with Gasteiger partial charge in [-0.1, -0.05) is 37.0 Å². The van der Waals surface area contributed by atoms with Gasteiger partial charge in [0.05, 0.1) is 35.3 Å². The van der Waals surface area contributed by atoms with Crippen LogP contribution in [0.2, 0.25) is 10.0 Å². The number of methoxy groups -OCH3 is 2. The molecule has 2 aromatic heterocycles. The summed E-state index contributed by atoms with van der Waals surface area (Å²) in [6.45, 7) is 10.9. The van der Waals surface area contributed by atoms with E-state index in [1.54, 1.807) is 22.9 Å². The summed E-state index contributed by atoms with van der Waals surface area (Å²) in [5, 5.41) is 4.72. The molecule has 3 aromatic rings. The van der Waals surface area contributed by atoms with Gasteiger partial charge in [-0.15, -0.1) is 0 Å². The van der Waals surface area contributed by atoms with Gasteiger partial charge in [0, 0.05) is 42.4 Å². The Morgan fingerprint density at radius 1 is 1.00 bits per heavy atom. The highest BCUT2D eigenvalue weighted by atomic mass is 35.5. The molecule has 3 rings (SSSR count). The van der Waals surface area contributed by atoms with Gasteiger partial charge in [-0.3, -0.25) is 4.79 Å². The Hall–Kier alpha value is -2.48. The number of nitrogens with zero attached hydrogens (tertiary/aromatic N) is 3. The molecule has 9 heteroatoms. The van der Waals surface area contributed by atoms with Gasteiger partial charge in [-0.2, -0.15) is 0 Å². The third-order valence-corrected chi connectivity index (χ3v) is 6.99. The van der Waals surface area contributed by atoms with Crippen LogP contribution < -0.4 is 20.3 Å². The van der Waals surface area contributed by atoms with Crippen molar-refractivity contribution in [1.29, 1.82) is 0 Å². The van der Waals surface area contributed by atoms with Crippen molar-refractivity contribution in [2.75, 3.05) is 45.7 Å². The molecule has 1 N–H and O–H groups in total. The molecule has 0 aliphatic heterocycles. The second-order valence-electron chi connectivity index (χ2n) is 8.18. The molecule has 2 heterocycles. The quantitative estimate of drug-likeness (QED) is 0.298. The molecule has 0 bridgehead atoms. The summed E-state index contributed by atoms with van der Waals surface area (Å²) in [6.07, 6.45) is 3.93. The summed E-state index contributed by atoms with van der Waals surface area (Å²) < 4.78 is 12.5. The van der Waals surface area contributed by atoms with Crippen LogP contribution in [0.3, 0.4) is 0 Å². The minimum absolute atomic E-state index is 0.199. The maximum Gasteiger partial charge on any atom is 0.259 e. The van der Waals surface area contributed by atoms with E-state index >= 15 is 0 Å². The molecule has 7 nitrogen and oxygen atoms in total. The molecular formula is C26H34Cl2N4O3. The molecule has 0 fully saturated rings. The number of fused-ring (bicyclic) bond motifs is 1. The van der Waals surface area contributed by atoms with E-state index < -0.39 is 0 Å². The number of halogens is 2. The lowest BCUT2D eigenvalue weighted by Gasteiger charge is -2.18. The molecule has 0 unspecified atom stereocenters. The van der Waals surface area contributed by atoms with Crippen LogP contribution >= 0.6 is 23.2 Å². The lowest BCUT2D eigenvalue weighted by molar-refractivity contribution is 0.298. The lowest BCUT2D eigenvalue weighted by atomic mass is 10.0. The lowest BCUT2D eigenvalue weighted by Crippen LogP contribution is -2.24. The second-order valence-corrected chi connectivity index (χ2v) is 8.94. The van der Waals surface area contributed by atoms with Gasteiger partial charge >= 0.3 is 0 Å². The first-order valence-electron chi connectivity index (χ1n) is 12.0. The highest BCUT2D eigenvalue weighted by Gasteiger charge is 2.22. The Morgan fingerprint density at radius 2 is 1.66 bits per heavy atom. The van der Waals surface area contributed by atoms with Crippen molar-refractivity contribution in [3.8, 4) is 22.6 Å². The first-order valence-corrected chi connectivity index (χ1v) is 12.8. The number of hydrogen-bond acceptors (Lipinski definition) is 6. The van der Waals surface area contributed by atoms with Crippen molar-refractivity contribution in [2.24, 2.45) is 0 Å². The topological polar surface area (TPSA) is 68.6 Å². The molecule has 0 amide bonds. The molecule has 0 saturated carbocycles. The monoisotopic (exact) mass is 520 g/mol. The Balaban J connectivity index is 1.95. The van der Waals surface area contributed by atoms with Gasteiger partial charge < -0.3 is 24.3 Å². The Labute approximate surface area is 217 Å². The summed E-state index contributed by atoms with van der Waals surface area (Å²) in [5.41, 5.74) is 1.35. The number of rotatable bonds is 12. The zero-order valence-corrected chi connectivity index (χ0v) is 22.6. The van der Waals surface area contributed by atoms with E-state index in [2.05, 4.69) is 29.0 Å². The predicted octanol–water partition coefficient (Wildman–Crippen LogP) is 5.94. The van der Waals surface area contributed by atoms with Gasteiger partial charge in [-0.25, -0.2) is 4.98 Å². The fraction of sp³-hybridized carbons (Fsp3) is 0.462. The zero-order valence-electron chi connectivity index (χ0n) is 21.1. The number of anilines is 1. The normalized spacial score (nSPS) is 11.3. The summed E-state index contributed by atoms with van der Waals surface area (Å²) in [4.78, 5) is 20.6. The smallest absolute Gasteiger partial charge is 0.259 e. The first kappa shape index (κ1) is 27.1. The molecule has 0 radical (unpaired) electrons. The maximum atomic E-state index is 13.6. The number of benzene rings is 1. The molecule has 0 aliphatic carbocycles. The summed E-state index contributed by atoms with van der Waals surface area (Å²) >= 11 is 13.2. The van der Waals surface area contributed by atoms with Crippen LogP contribution in [-0.4, -0.2) is 54.8 Å². The maximum absolute atomic E-state index is 13.6. The van der Waals surface area contributed by atoms with E-state index in [-0.39, 0.29) is 15.6 Å². The average molecular weight is 521 g/mol. The average Bonchev–Trinajstić information content (AvgIpc) is 2.87. The van der Waals surface area contributed by atoms with E-state index in [1.807, 2.05) is 13.0 Å². The molecule has 0 saturated heterocycles. The fourth-order valence-electron chi connectivity index (χ4n) is 4.20. The highest BCUT2D eigenvalue weighted by molar-refractivity contribution is 6.41. The summed E-state index contributed by atoms with van der Waals surface area (Å²) in [5.74, 6) is 1.50. The Bertz CT molecular complexity index is 1200. The number of aromatic nitrogens is 2. The highest BCUT2D eigenvalue weighted by Crippen LogP contribution is 2.45. The van der Waals surface area contributed by atoms with Gasteiger partial charge in [0.1, 0.15) is 17.3 Å². The molecule has 1 aromatic carbocycles. The van der Waals surface area contributed by atoms with E-state index in [4.69, 9.17) is 32.7 Å². The van der Waals surface area contributed by atoms with Crippen molar-refractivity contribution in [1.82, 2.24) is 14.5 Å². The van der Waals surface area contributed by atoms with Crippen molar-refractivity contribution in [3.63, 3.8) is 0 Å². The minimum atomic E-state index is -0.199. The SMILES string of the molecule is CCN(CC)CCCCNc1cc2c(cn1)cc(-c1c(Cl)c(OC)cc(OC)c1Cl)c(=O)n2CC. The number of ether oxygens (including phenoxy) is 2. The van der Waals surface area contributed by atoms with Crippen LogP contribution in [0.5, 0.6) is 11.5 Å². The number of pyridine rings is 2. The molecule has 0 atom stereocenters. The van der Waals surface area contributed by atoms with E-state index in [9.17, 15) is 4.79 Å². The van der Waals surface area contributed by atoms with Crippen molar-refractivity contribution in [3.05, 3.63) is 44.8 Å². The van der Waals surface area contributed by atoms with Crippen LogP contribution in [0, 0.1) is 0 Å². The predicted molar refractivity (Wildman–Crippen MR) is 146 cm³/mol. The number of unbranched alkanes of at least 4 members (excludes halogenated alkanes) is 1. The molecule has 35 heavy (non-hydrogen) atoms. The fourth-order valence-corrected chi connectivity index (χ4v) is 4.91. The Kier molecular flexibility index (Phi) is 9.66. The largest absolute Gasteiger partial charge is 0.495 e. The van der Waals surface area contributed by atoms with Crippen molar-refractivity contribution >= 4 is 39.9 Å². The van der Waals surface area contributed by atoms with Crippen LogP contribution in [0.25, 0.3) is 22.0 Å². The number of nitrogens with one attached hydrogen (secondary N) is 1. The van der Waals surface area contributed by atoms with Crippen LogP contribution in [0.1, 0.15) is 33.6 Å². The van der Waals surface area contributed by atoms with Crippen molar-refractivity contribution in [2.45, 2.75) is 40.2 Å². The second kappa shape index (κ2) is 12.5. The minimum Gasteiger partial charge on any atom is -0.495 e. The third kappa shape index (κ3) is 5.85. The zero-order chi connectivity index (χ0) is 25.5. The van der Waals surface area contributed by atoms with E-state index in [0.717, 1.165) is 55.7 Å². The number of hydrogen-bond donors (Lipinski definition) is 1. The number of aryl methyl sites for hydroxylation is 1. The molecule has 0 aliphatic rings. The molecule has 190 valence electrons. The summed E-state index contributed by atoms with van der Waals surface area (Å²) in [6, 6.07) is 5.30. The summed E-state index contributed by atoms with van der Waals surface area (Å²) in [7, 11) is 3.01. The Morgan fingerprint density at radius 3 is 2.23 bits per heavy atom.